The summed E-state index contributed by atoms with van der Waals surface area (Å²) in [5.74, 6) is -2.04. The van der Waals surface area contributed by atoms with Crippen molar-refractivity contribution in [2.24, 2.45) is 5.92 Å². The second kappa shape index (κ2) is 7.08. The Kier molecular flexibility index (Phi) is 5.69. The number of nitriles is 1. The number of hydrogen-bond donors (Lipinski definition) is 2. The Labute approximate surface area is 131 Å². The molecule has 0 bridgehead atoms. The zero-order valence-electron chi connectivity index (χ0n) is 13.4. The van der Waals surface area contributed by atoms with E-state index in [0.29, 0.717) is 5.56 Å². The number of carboxylic acid groups (broad SMARTS) is 1. The molecule has 1 aromatic rings. The van der Waals surface area contributed by atoms with Gasteiger partial charge in [0.25, 0.3) is 5.91 Å². The number of nitrogens with one attached hydrogen (secondary N) is 1. The van der Waals surface area contributed by atoms with Gasteiger partial charge in [0.1, 0.15) is 6.04 Å². The summed E-state index contributed by atoms with van der Waals surface area (Å²) in [6.07, 6.45) is 0.0697. The average Bonchev–Trinajstić information content (AvgIpc) is 2.43. The van der Waals surface area contributed by atoms with Crippen molar-refractivity contribution in [2.75, 3.05) is 0 Å². The quantitative estimate of drug-likeness (QED) is 0.875. The topological polar surface area (TPSA) is 90.2 Å². The van der Waals surface area contributed by atoms with Gasteiger partial charge in [-0.2, -0.15) is 5.26 Å². The molecule has 0 radical (unpaired) electrons. The van der Waals surface area contributed by atoms with E-state index in [1.165, 1.54) is 0 Å². The molecule has 0 heterocycles. The van der Waals surface area contributed by atoms with Crippen molar-refractivity contribution in [3.63, 3.8) is 0 Å². The third-order valence-corrected chi connectivity index (χ3v) is 3.55. The second-order valence-corrected chi connectivity index (χ2v) is 6.46. The van der Waals surface area contributed by atoms with Gasteiger partial charge in [-0.05, 0) is 23.1 Å². The average molecular weight is 302 g/mol. The number of rotatable bonds is 5. The summed E-state index contributed by atoms with van der Waals surface area (Å²) in [5, 5.41) is 20.3. The SMILES string of the molecule is C[C@H](CC#N)[C@H](NC(=O)c1ccc(C(C)(C)C)cc1)C(=O)O. The zero-order valence-corrected chi connectivity index (χ0v) is 13.4. The Balaban J connectivity index is 2.87. The van der Waals surface area contributed by atoms with Crippen LogP contribution in [0.15, 0.2) is 24.3 Å². The Hall–Kier alpha value is -2.35. The molecule has 2 N–H and O–H groups in total. The molecule has 0 aliphatic carbocycles. The number of hydrogen-bond acceptors (Lipinski definition) is 3. The van der Waals surface area contributed by atoms with E-state index >= 15 is 0 Å². The van der Waals surface area contributed by atoms with E-state index in [9.17, 15) is 14.7 Å². The second-order valence-electron chi connectivity index (χ2n) is 6.46. The van der Waals surface area contributed by atoms with Crippen molar-refractivity contribution < 1.29 is 14.7 Å². The molecule has 2 atom stereocenters. The fraction of sp³-hybridized carbons (Fsp3) is 0.471. The van der Waals surface area contributed by atoms with Crippen LogP contribution in [-0.2, 0) is 10.2 Å². The Morgan fingerprint density at radius 3 is 2.23 bits per heavy atom. The number of carbonyl (C=O) groups excluding carboxylic acids is 1. The minimum absolute atomic E-state index is 0.0140. The summed E-state index contributed by atoms with van der Waals surface area (Å²) < 4.78 is 0. The van der Waals surface area contributed by atoms with Crippen LogP contribution in [-0.4, -0.2) is 23.0 Å². The van der Waals surface area contributed by atoms with Crippen molar-refractivity contribution in [1.29, 1.82) is 5.26 Å². The van der Waals surface area contributed by atoms with E-state index in [1.54, 1.807) is 19.1 Å². The molecule has 5 nitrogen and oxygen atoms in total. The number of carboxylic acids is 1. The van der Waals surface area contributed by atoms with Gasteiger partial charge in [-0.25, -0.2) is 4.79 Å². The first-order chi connectivity index (χ1) is 10.2. The van der Waals surface area contributed by atoms with Crippen LogP contribution in [0, 0.1) is 17.2 Å². The number of aliphatic carboxylic acids is 1. The smallest absolute Gasteiger partial charge is 0.326 e. The van der Waals surface area contributed by atoms with E-state index in [0.717, 1.165) is 5.56 Å². The fourth-order valence-corrected chi connectivity index (χ4v) is 2.06. The summed E-state index contributed by atoms with van der Waals surface area (Å²) in [4.78, 5) is 23.4. The monoisotopic (exact) mass is 302 g/mol. The lowest BCUT2D eigenvalue weighted by Crippen LogP contribution is -2.45. The molecule has 1 amide bonds. The number of benzene rings is 1. The van der Waals surface area contributed by atoms with Crippen LogP contribution in [0.4, 0.5) is 0 Å². The van der Waals surface area contributed by atoms with Crippen LogP contribution in [0.25, 0.3) is 0 Å². The molecule has 0 fully saturated rings. The lowest BCUT2D eigenvalue weighted by Gasteiger charge is -2.21. The maximum Gasteiger partial charge on any atom is 0.326 e. The first-order valence-electron chi connectivity index (χ1n) is 7.18. The van der Waals surface area contributed by atoms with Crippen LogP contribution in [0.5, 0.6) is 0 Å². The van der Waals surface area contributed by atoms with Gasteiger partial charge in [0.05, 0.1) is 6.07 Å². The first kappa shape index (κ1) is 17.7. The summed E-state index contributed by atoms with van der Waals surface area (Å²) in [6.45, 7) is 7.86. The van der Waals surface area contributed by atoms with Crippen molar-refractivity contribution >= 4 is 11.9 Å². The van der Waals surface area contributed by atoms with Crippen LogP contribution in [0.3, 0.4) is 0 Å². The molecule has 22 heavy (non-hydrogen) atoms. The number of amides is 1. The van der Waals surface area contributed by atoms with Crippen LogP contribution in [0.2, 0.25) is 0 Å². The Bertz CT molecular complexity index is 579. The third kappa shape index (κ3) is 4.59. The van der Waals surface area contributed by atoms with Gasteiger partial charge in [0.2, 0.25) is 0 Å². The molecular formula is C17H22N2O3. The summed E-state index contributed by atoms with van der Waals surface area (Å²) in [5.41, 5.74) is 1.49. The summed E-state index contributed by atoms with van der Waals surface area (Å²) in [7, 11) is 0. The molecule has 1 aromatic carbocycles. The highest BCUT2D eigenvalue weighted by Crippen LogP contribution is 2.22. The van der Waals surface area contributed by atoms with Crippen LogP contribution < -0.4 is 5.32 Å². The normalized spacial score (nSPS) is 13.8. The molecule has 0 unspecified atom stereocenters. The molecule has 0 aromatic heterocycles. The third-order valence-electron chi connectivity index (χ3n) is 3.55. The standard InChI is InChI=1S/C17H22N2O3/c1-11(9-10-18)14(16(21)22)19-15(20)12-5-7-13(8-6-12)17(2,3)4/h5-8,11,14H,9H2,1-4H3,(H,19,20)(H,21,22)/t11-,14+/m1/s1. The van der Waals surface area contributed by atoms with Gasteiger partial charge in [-0.1, -0.05) is 39.8 Å². The Morgan fingerprint density at radius 1 is 1.27 bits per heavy atom. The van der Waals surface area contributed by atoms with E-state index in [2.05, 4.69) is 26.1 Å². The first-order valence-corrected chi connectivity index (χ1v) is 7.18. The molecule has 0 saturated carbocycles. The molecular weight excluding hydrogens is 280 g/mol. The summed E-state index contributed by atoms with van der Waals surface area (Å²) >= 11 is 0. The van der Waals surface area contributed by atoms with Crippen molar-refractivity contribution in [3.8, 4) is 6.07 Å². The van der Waals surface area contributed by atoms with Gasteiger partial charge >= 0.3 is 5.97 Å². The van der Waals surface area contributed by atoms with E-state index in [1.807, 2.05) is 18.2 Å². The molecule has 1 rings (SSSR count). The molecule has 0 aliphatic heterocycles. The highest BCUT2D eigenvalue weighted by molar-refractivity contribution is 5.96. The van der Waals surface area contributed by atoms with Crippen molar-refractivity contribution in [3.05, 3.63) is 35.4 Å². The molecule has 0 aliphatic rings. The highest BCUT2D eigenvalue weighted by atomic mass is 16.4. The van der Waals surface area contributed by atoms with E-state index < -0.39 is 23.8 Å². The predicted molar refractivity (Wildman–Crippen MR) is 83.4 cm³/mol. The van der Waals surface area contributed by atoms with Gasteiger partial charge < -0.3 is 10.4 Å². The minimum Gasteiger partial charge on any atom is -0.480 e. The van der Waals surface area contributed by atoms with Gasteiger partial charge in [-0.15, -0.1) is 0 Å². The highest BCUT2D eigenvalue weighted by Gasteiger charge is 2.26. The fourth-order valence-electron chi connectivity index (χ4n) is 2.06. The molecule has 0 spiro atoms. The molecule has 0 saturated heterocycles. The summed E-state index contributed by atoms with van der Waals surface area (Å²) in [6, 6.07) is 7.95. The van der Waals surface area contributed by atoms with E-state index in [-0.39, 0.29) is 11.8 Å². The Morgan fingerprint density at radius 2 is 1.82 bits per heavy atom. The maximum absolute atomic E-state index is 12.2. The lowest BCUT2D eigenvalue weighted by molar-refractivity contribution is -0.140. The van der Waals surface area contributed by atoms with Gasteiger partial charge in [-0.3, -0.25) is 4.79 Å². The van der Waals surface area contributed by atoms with Gasteiger partial charge in [0.15, 0.2) is 0 Å². The maximum atomic E-state index is 12.2. The zero-order chi connectivity index (χ0) is 16.9. The minimum atomic E-state index is -1.14. The van der Waals surface area contributed by atoms with Crippen molar-refractivity contribution in [2.45, 2.75) is 45.6 Å². The number of nitrogens with zero attached hydrogens (tertiary/aromatic N) is 1. The molecule has 118 valence electrons. The largest absolute Gasteiger partial charge is 0.480 e. The number of carbonyl (C=O) groups is 2. The lowest BCUT2D eigenvalue weighted by atomic mass is 9.86. The van der Waals surface area contributed by atoms with Crippen LogP contribution in [0.1, 0.15) is 50.0 Å². The van der Waals surface area contributed by atoms with Crippen LogP contribution >= 0.6 is 0 Å². The predicted octanol–water partition coefficient (Wildman–Crippen LogP) is 2.72. The molecule has 5 heteroatoms. The van der Waals surface area contributed by atoms with E-state index in [4.69, 9.17) is 5.26 Å². The van der Waals surface area contributed by atoms with Gasteiger partial charge in [0, 0.05) is 17.9 Å². The van der Waals surface area contributed by atoms with Crippen molar-refractivity contribution in [1.82, 2.24) is 5.32 Å².